The second kappa shape index (κ2) is 7.51. The van der Waals surface area contributed by atoms with Crippen LogP contribution < -0.4 is 0 Å². The van der Waals surface area contributed by atoms with Crippen LogP contribution in [0.25, 0.3) is 0 Å². The summed E-state index contributed by atoms with van der Waals surface area (Å²) in [5.74, 6) is -1.01. The molecule has 1 aromatic rings. The number of carbonyl (C=O) groups is 3. The Hall–Kier alpha value is -1.73. The van der Waals surface area contributed by atoms with Gasteiger partial charge in [-0.2, -0.15) is 0 Å². The Labute approximate surface area is 136 Å². The molecule has 0 fully saturated rings. The highest BCUT2D eigenvalue weighted by molar-refractivity contribution is 9.10. The summed E-state index contributed by atoms with van der Waals surface area (Å²) in [5, 5.41) is 0. The van der Waals surface area contributed by atoms with Crippen LogP contribution in [0.1, 0.15) is 33.6 Å². The van der Waals surface area contributed by atoms with Gasteiger partial charge in [-0.1, -0.05) is 15.9 Å². The van der Waals surface area contributed by atoms with Crippen LogP contribution >= 0.6 is 15.9 Å². The first-order chi connectivity index (χ1) is 10.5. The highest BCUT2D eigenvalue weighted by Crippen LogP contribution is 2.26. The van der Waals surface area contributed by atoms with E-state index in [-0.39, 0.29) is 37.4 Å². The summed E-state index contributed by atoms with van der Waals surface area (Å²) >= 11 is 3.28. The molecule has 7 heteroatoms. The Bertz CT molecular complexity index is 602. The van der Waals surface area contributed by atoms with Crippen molar-refractivity contribution in [1.82, 2.24) is 4.90 Å². The molecule has 1 aromatic carbocycles. The molecular formula is C15H16BrNO5. The third kappa shape index (κ3) is 3.72. The first-order valence-corrected chi connectivity index (χ1v) is 7.64. The molecule has 2 amide bonds. The number of halogens is 1. The fourth-order valence-corrected chi connectivity index (χ4v) is 2.52. The largest absolute Gasteiger partial charge is 0.463 e. The van der Waals surface area contributed by atoms with Crippen LogP contribution in [0.2, 0.25) is 0 Å². The molecule has 0 saturated carbocycles. The Morgan fingerprint density at radius 3 is 2.64 bits per heavy atom. The van der Waals surface area contributed by atoms with Crippen molar-refractivity contribution in [2.45, 2.75) is 12.8 Å². The normalized spacial score (nSPS) is 13.5. The fraction of sp³-hybridized carbons (Fsp3) is 0.400. The van der Waals surface area contributed by atoms with Gasteiger partial charge in [-0.3, -0.25) is 19.3 Å². The molecule has 22 heavy (non-hydrogen) atoms. The molecule has 0 atom stereocenters. The Balaban J connectivity index is 1.86. The van der Waals surface area contributed by atoms with E-state index >= 15 is 0 Å². The maximum Gasteiger partial charge on any atom is 0.305 e. The van der Waals surface area contributed by atoms with E-state index < -0.39 is 0 Å². The number of imide groups is 1. The molecule has 0 aliphatic carbocycles. The van der Waals surface area contributed by atoms with Crippen LogP contribution in [0.15, 0.2) is 22.7 Å². The molecule has 0 radical (unpaired) electrons. The van der Waals surface area contributed by atoms with Gasteiger partial charge in [0.15, 0.2) is 0 Å². The number of fused-ring (bicyclic) bond motifs is 1. The van der Waals surface area contributed by atoms with Gasteiger partial charge in [0.2, 0.25) is 0 Å². The number of esters is 1. The lowest BCUT2D eigenvalue weighted by atomic mass is 10.1. The number of benzene rings is 1. The summed E-state index contributed by atoms with van der Waals surface area (Å²) in [6.45, 7) is 0.749. The fourth-order valence-electron chi connectivity index (χ4n) is 2.16. The summed E-state index contributed by atoms with van der Waals surface area (Å²) in [7, 11) is 1.52. The molecule has 118 valence electrons. The van der Waals surface area contributed by atoms with Crippen LogP contribution in [0.5, 0.6) is 0 Å². The average Bonchev–Trinajstić information content (AvgIpc) is 2.72. The van der Waals surface area contributed by atoms with E-state index in [4.69, 9.17) is 9.47 Å². The highest BCUT2D eigenvalue weighted by Gasteiger charge is 2.35. The molecule has 1 aliphatic rings. The Morgan fingerprint density at radius 1 is 1.18 bits per heavy atom. The summed E-state index contributed by atoms with van der Waals surface area (Å²) in [5.41, 5.74) is 0.790. The molecule has 1 aliphatic heterocycles. The second-order valence-corrected chi connectivity index (χ2v) is 5.68. The van der Waals surface area contributed by atoms with Crippen molar-refractivity contribution < 1.29 is 23.9 Å². The minimum absolute atomic E-state index is 0.154. The van der Waals surface area contributed by atoms with Gasteiger partial charge in [0.05, 0.1) is 17.7 Å². The van der Waals surface area contributed by atoms with Crippen molar-refractivity contribution in [2.75, 3.05) is 26.9 Å². The zero-order valence-electron chi connectivity index (χ0n) is 12.1. The molecule has 0 aromatic heterocycles. The molecule has 1 heterocycles. The van der Waals surface area contributed by atoms with Crippen LogP contribution in [0, 0.1) is 0 Å². The van der Waals surface area contributed by atoms with Gasteiger partial charge in [0.1, 0.15) is 6.61 Å². The summed E-state index contributed by atoms with van der Waals surface area (Å²) in [6, 6.07) is 4.98. The number of hydrogen-bond donors (Lipinski definition) is 0. The quantitative estimate of drug-likeness (QED) is 0.417. The van der Waals surface area contributed by atoms with Gasteiger partial charge < -0.3 is 9.47 Å². The van der Waals surface area contributed by atoms with E-state index in [2.05, 4.69) is 15.9 Å². The van der Waals surface area contributed by atoms with E-state index in [0.717, 1.165) is 4.47 Å². The predicted octanol–water partition coefficient (Wildman–Crippen LogP) is 2.01. The predicted molar refractivity (Wildman–Crippen MR) is 81.6 cm³/mol. The van der Waals surface area contributed by atoms with Gasteiger partial charge in [0.25, 0.3) is 11.8 Å². The number of carbonyl (C=O) groups excluding carboxylic acids is 3. The summed E-state index contributed by atoms with van der Waals surface area (Å²) in [4.78, 5) is 37.0. The first-order valence-electron chi connectivity index (χ1n) is 6.85. The topological polar surface area (TPSA) is 72.9 Å². The number of nitrogens with zero attached hydrogens (tertiary/aromatic N) is 1. The van der Waals surface area contributed by atoms with Gasteiger partial charge in [-0.15, -0.1) is 0 Å². The highest BCUT2D eigenvalue weighted by atomic mass is 79.9. The maximum atomic E-state index is 12.2. The third-order valence-electron chi connectivity index (χ3n) is 3.25. The van der Waals surface area contributed by atoms with Crippen molar-refractivity contribution in [2.24, 2.45) is 0 Å². The SMILES string of the molecule is COCCOC(=O)CCCN1C(=O)c2ccc(Br)cc2C1=O. The van der Waals surface area contributed by atoms with E-state index in [1.807, 2.05) is 0 Å². The minimum atomic E-state index is -0.364. The molecule has 0 spiro atoms. The minimum Gasteiger partial charge on any atom is -0.463 e. The van der Waals surface area contributed by atoms with E-state index in [0.29, 0.717) is 24.2 Å². The maximum absolute atomic E-state index is 12.2. The van der Waals surface area contributed by atoms with Gasteiger partial charge in [-0.25, -0.2) is 0 Å². The summed E-state index contributed by atoms with van der Waals surface area (Å²) < 4.78 is 10.4. The Kier molecular flexibility index (Phi) is 5.68. The standard InChI is InChI=1S/C15H16BrNO5/c1-21-7-8-22-13(18)3-2-6-17-14(19)11-5-4-10(16)9-12(11)15(17)20/h4-5,9H,2-3,6-8H2,1H3. The number of amides is 2. The van der Waals surface area contributed by atoms with Crippen LogP contribution in [-0.2, 0) is 14.3 Å². The van der Waals surface area contributed by atoms with Crippen LogP contribution in [0.3, 0.4) is 0 Å². The van der Waals surface area contributed by atoms with E-state index in [1.165, 1.54) is 12.0 Å². The van der Waals surface area contributed by atoms with Crippen molar-refractivity contribution in [3.63, 3.8) is 0 Å². The van der Waals surface area contributed by atoms with Gasteiger partial charge in [-0.05, 0) is 24.6 Å². The zero-order valence-corrected chi connectivity index (χ0v) is 13.7. The van der Waals surface area contributed by atoms with Gasteiger partial charge in [0, 0.05) is 24.5 Å². The molecular weight excluding hydrogens is 354 g/mol. The smallest absolute Gasteiger partial charge is 0.305 e. The number of ether oxygens (including phenoxy) is 2. The zero-order chi connectivity index (χ0) is 16.1. The number of rotatable bonds is 7. The lowest BCUT2D eigenvalue weighted by Gasteiger charge is -2.13. The second-order valence-electron chi connectivity index (χ2n) is 4.77. The number of hydrogen-bond acceptors (Lipinski definition) is 5. The molecule has 0 unspecified atom stereocenters. The molecule has 2 rings (SSSR count). The summed E-state index contributed by atoms with van der Waals surface area (Å²) in [6.07, 6.45) is 0.527. The lowest BCUT2D eigenvalue weighted by Crippen LogP contribution is -2.31. The monoisotopic (exact) mass is 369 g/mol. The van der Waals surface area contributed by atoms with E-state index in [1.54, 1.807) is 18.2 Å². The Morgan fingerprint density at radius 2 is 1.91 bits per heavy atom. The van der Waals surface area contributed by atoms with Gasteiger partial charge >= 0.3 is 5.97 Å². The van der Waals surface area contributed by atoms with Crippen LogP contribution in [-0.4, -0.2) is 49.6 Å². The van der Waals surface area contributed by atoms with Crippen molar-refractivity contribution >= 4 is 33.7 Å². The number of methoxy groups -OCH3 is 1. The van der Waals surface area contributed by atoms with Crippen molar-refractivity contribution in [1.29, 1.82) is 0 Å². The lowest BCUT2D eigenvalue weighted by molar-refractivity contribution is -0.145. The van der Waals surface area contributed by atoms with Crippen molar-refractivity contribution in [3.8, 4) is 0 Å². The average molecular weight is 370 g/mol. The molecule has 0 bridgehead atoms. The van der Waals surface area contributed by atoms with Crippen LogP contribution in [0.4, 0.5) is 0 Å². The molecule has 0 N–H and O–H groups in total. The molecule has 6 nitrogen and oxygen atoms in total. The third-order valence-corrected chi connectivity index (χ3v) is 3.74. The molecule has 0 saturated heterocycles. The van der Waals surface area contributed by atoms with E-state index in [9.17, 15) is 14.4 Å². The first kappa shape index (κ1) is 16.6. The van der Waals surface area contributed by atoms with Crippen molar-refractivity contribution in [3.05, 3.63) is 33.8 Å².